The first-order valence-corrected chi connectivity index (χ1v) is 49.0. The zero-order valence-electron chi connectivity index (χ0n) is 77.5. The smallest absolute Gasteiger partial charge is 0.163 e. The molecule has 0 fully saturated rings. The highest BCUT2D eigenvalue weighted by Crippen LogP contribution is 2.45. The Bertz CT molecular complexity index is 3890. The van der Waals surface area contributed by atoms with Gasteiger partial charge >= 0.3 is 0 Å². The zero-order valence-corrected chi connectivity index (χ0v) is 77.5. The van der Waals surface area contributed by atoms with E-state index >= 15 is 0 Å². The predicted molar refractivity (Wildman–Crippen MR) is 507 cm³/mol. The fourth-order valence-electron chi connectivity index (χ4n) is 15.0. The van der Waals surface area contributed by atoms with Crippen molar-refractivity contribution in [2.24, 2.45) is 0 Å². The Balaban J connectivity index is 1.10. The van der Waals surface area contributed by atoms with Crippen molar-refractivity contribution >= 4 is 22.1 Å². The topological polar surface area (TPSA) is 162 Å². The third-order valence-corrected chi connectivity index (χ3v) is 22.4. The predicted octanol–water partition coefficient (Wildman–Crippen LogP) is 30.9. The molecule has 8 rings (SSSR count). The minimum atomic E-state index is 0.486. The van der Waals surface area contributed by atoms with E-state index < -0.39 is 0 Å². The number of aromatic nitrogens is 4. The van der Waals surface area contributed by atoms with Crippen molar-refractivity contribution in [1.29, 1.82) is 0 Å². The van der Waals surface area contributed by atoms with E-state index in [1.807, 2.05) is 24.3 Å². The number of nitrogens with zero attached hydrogens (tertiary/aromatic N) is 4. The number of unbranched alkanes of at least 4 members (excludes halogenated alkanes) is 33. The first kappa shape index (κ1) is 99.0. The average molecular weight is 1680 g/mol. The Morgan fingerprint density at radius 1 is 0.148 bits per heavy atom. The van der Waals surface area contributed by atoms with Gasteiger partial charge in [0.25, 0.3) is 0 Å². The van der Waals surface area contributed by atoms with Crippen LogP contribution in [0.3, 0.4) is 0 Å². The Labute approximate surface area is 736 Å². The molecule has 16 heteroatoms. The molecule has 0 saturated carbocycles. The highest BCUT2D eigenvalue weighted by Gasteiger charge is 2.24. The number of ether oxygens (including phenoxy) is 12. The lowest BCUT2D eigenvalue weighted by Crippen LogP contribution is -2.06. The van der Waals surface area contributed by atoms with Crippen molar-refractivity contribution in [3.63, 3.8) is 0 Å². The van der Waals surface area contributed by atoms with Crippen LogP contribution in [0.5, 0.6) is 69.0 Å². The van der Waals surface area contributed by atoms with E-state index in [1.54, 1.807) is 0 Å². The van der Waals surface area contributed by atoms with Gasteiger partial charge in [-0.3, -0.25) is 0 Å². The van der Waals surface area contributed by atoms with Gasteiger partial charge in [0.15, 0.2) is 69.0 Å². The normalized spacial score (nSPS) is 11.4. The van der Waals surface area contributed by atoms with Gasteiger partial charge in [-0.05, 0) is 163 Å². The van der Waals surface area contributed by atoms with Gasteiger partial charge in [0, 0.05) is 46.5 Å². The molecule has 16 nitrogen and oxygen atoms in total. The van der Waals surface area contributed by atoms with Crippen LogP contribution in [0.2, 0.25) is 0 Å². The van der Waals surface area contributed by atoms with Gasteiger partial charge in [-0.2, -0.15) is 0 Å². The first-order valence-electron chi connectivity index (χ1n) is 49.0. The highest BCUT2D eigenvalue weighted by atomic mass is 16.5. The SMILES string of the molecule is CCCCCCOc1ccc(-c2nc3cc(OCCCCCC)c(OCCCCCCOc4cc5nc(-c6ccc(OCCCCCC)c(OCCCCCC)c6)c(-c6ccc(OCCCCCC)c(OCCCCCC)c6)nc5cc4OCCCCCC)cc3nc2-c2ccc(OCCCCCC)c(OCCCCCC)c2)cc1OCCCCCC. The molecule has 0 amide bonds. The van der Waals surface area contributed by atoms with E-state index in [0.717, 1.165) is 251 Å². The molecule has 2 aromatic heterocycles. The molecular weight excluding hydrogens is 1520 g/mol. The van der Waals surface area contributed by atoms with Gasteiger partial charge in [-0.1, -0.05) is 262 Å². The summed E-state index contributed by atoms with van der Waals surface area (Å²) >= 11 is 0. The number of hydrogen-bond donors (Lipinski definition) is 0. The summed E-state index contributed by atoms with van der Waals surface area (Å²) in [7, 11) is 0. The van der Waals surface area contributed by atoms with Crippen molar-refractivity contribution in [2.75, 3.05) is 79.3 Å². The molecule has 0 aliphatic heterocycles. The van der Waals surface area contributed by atoms with Crippen molar-refractivity contribution < 1.29 is 56.8 Å². The molecule has 0 radical (unpaired) electrons. The van der Waals surface area contributed by atoms with E-state index in [-0.39, 0.29) is 0 Å². The average Bonchev–Trinajstić information content (AvgIpc) is 0.767. The Morgan fingerprint density at radius 2 is 0.279 bits per heavy atom. The van der Waals surface area contributed by atoms with Crippen molar-refractivity contribution in [3.05, 3.63) is 97.1 Å². The maximum atomic E-state index is 6.86. The minimum Gasteiger partial charge on any atom is -0.490 e. The molecule has 0 bridgehead atoms. The Kier molecular flexibility index (Phi) is 49.5. The van der Waals surface area contributed by atoms with Crippen LogP contribution in [0, 0.1) is 0 Å². The molecule has 0 aliphatic rings. The van der Waals surface area contributed by atoms with Crippen LogP contribution in [-0.4, -0.2) is 99.2 Å². The fraction of sp³-hybridized carbons (Fsp3) is 0.623. The Hall–Kier alpha value is -8.40. The van der Waals surface area contributed by atoms with Crippen LogP contribution < -0.4 is 56.8 Å². The summed E-state index contributed by atoms with van der Waals surface area (Å²) in [5, 5.41) is 0. The number of fused-ring (bicyclic) bond motifs is 2. The number of benzene rings is 6. The largest absolute Gasteiger partial charge is 0.490 e. The van der Waals surface area contributed by atoms with Gasteiger partial charge in [0.1, 0.15) is 0 Å². The molecule has 2 heterocycles. The van der Waals surface area contributed by atoms with Crippen LogP contribution in [-0.2, 0) is 0 Å². The summed E-state index contributed by atoms with van der Waals surface area (Å²) in [6.07, 6.45) is 47.5. The summed E-state index contributed by atoms with van der Waals surface area (Å²) in [6, 6.07) is 33.1. The maximum absolute atomic E-state index is 6.86. The number of hydrogen-bond acceptors (Lipinski definition) is 16. The van der Waals surface area contributed by atoms with Crippen molar-refractivity contribution in [1.82, 2.24) is 19.9 Å². The molecule has 0 spiro atoms. The maximum Gasteiger partial charge on any atom is 0.163 e. The van der Waals surface area contributed by atoms with Gasteiger partial charge in [-0.25, -0.2) is 19.9 Å². The monoisotopic (exact) mass is 1680 g/mol. The van der Waals surface area contributed by atoms with E-state index in [9.17, 15) is 0 Å². The van der Waals surface area contributed by atoms with Gasteiger partial charge in [0.2, 0.25) is 0 Å². The second-order valence-corrected chi connectivity index (χ2v) is 33.3. The minimum absolute atomic E-state index is 0.486. The van der Waals surface area contributed by atoms with E-state index in [2.05, 4.69) is 142 Å². The lowest BCUT2D eigenvalue weighted by atomic mass is 10.0. The molecular formula is C106H158N4O12. The molecule has 122 heavy (non-hydrogen) atoms. The van der Waals surface area contributed by atoms with E-state index in [4.69, 9.17) is 76.8 Å². The van der Waals surface area contributed by atoms with Crippen LogP contribution in [0.25, 0.3) is 67.1 Å². The molecule has 8 aromatic rings. The highest BCUT2D eigenvalue weighted by molar-refractivity contribution is 5.90. The van der Waals surface area contributed by atoms with Gasteiger partial charge in [0.05, 0.1) is 124 Å². The summed E-state index contributed by atoms with van der Waals surface area (Å²) in [6.45, 7) is 29.3. The fourth-order valence-corrected chi connectivity index (χ4v) is 15.0. The molecule has 0 saturated heterocycles. The van der Waals surface area contributed by atoms with Crippen LogP contribution >= 0.6 is 0 Å². The number of rotatable bonds is 73. The first-order chi connectivity index (χ1) is 60.2. The summed E-state index contributed by atoms with van der Waals surface area (Å²) in [5.41, 5.74) is 9.15. The molecule has 674 valence electrons. The quantitative estimate of drug-likeness (QED) is 0.0331. The molecule has 6 aromatic carbocycles. The standard InChI is InChI=1S/C106H158N4O12/c1-11-21-31-43-63-111-91-59-55-83(75-95(91)115-67-47-35-25-15-5)103-105(85-57-61-93(113-65-45-33-23-13-3)97(77-85)117-69-49-37-27-17-7)109-89-81-101(99(79-87(89)107-103)119-71-51-39-29-19-9)121-73-53-41-42-54-74-122-102-82-90-88(80-100(102)120-72-52-40-30-20-10)108-104(84-56-60-92(112-64-44-32-22-12-2)96(76-84)116-68-48-36-26-16-6)106(110-90)86-58-62-94(114-66-46-34-24-14-4)98(78-86)118-70-50-38-28-18-8/h55-62,75-82H,11-54,63-74H2,1-10H3. The third kappa shape index (κ3) is 35.3. The Morgan fingerprint density at radius 3 is 0.426 bits per heavy atom. The lowest BCUT2D eigenvalue weighted by Gasteiger charge is -2.18. The summed E-state index contributed by atoms with van der Waals surface area (Å²) in [5.74, 6) is 8.44. The second-order valence-electron chi connectivity index (χ2n) is 33.3. The summed E-state index contributed by atoms with van der Waals surface area (Å²) < 4.78 is 80.1. The van der Waals surface area contributed by atoms with Gasteiger partial charge in [-0.15, -0.1) is 0 Å². The van der Waals surface area contributed by atoms with Crippen LogP contribution in [0.15, 0.2) is 97.1 Å². The second kappa shape index (κ2) is 61.0. The molecule has 0 aliphatic carbocycles. The van der Waals surface area contributed by atoms with Crippen molar-refractivity contribution in [2.45, 2.75) is 352 Å². The van der Waals surface area contributed by atoms with E-state index in [1.165, 1.54) is 77.0 Å². The zero-order chi connectivity index (χ0) is 86.1. The molecule has 0 unspecified atom stereocenters. The molecule has 0 atom stereocenters. The summed E-state index contributed by atoms with van der Waals surface area (Å²) in [4.78, 5) is 22.4. The lowest BCUT2D eigenvalue weighted by molar-refractivity contribution is 0.251. The van der Waals surface area contributed by atoms with E-state index in [0.29, 0.717) is 170 Å². The van der Waals surface area contributed by atoms with Crippen molar-refractivity contribution in [3.8, 4) is 114 Å². The molecule has 0 N–H and O–H groups in total. The van der Waals surface area contributed by atoms with Gasteiger partial charge < -0.3 is 56.8 Å². The van der Waals surface area contributed by atoms with Crippen LogP contribution in [0.1, 0.15) is 352 Å². The third-order valence-electron chi connectivity index (χ3n) is 22.4. The van der Waals surface area contributed by atoms with Crippen LogP contribution in [0.4, 0.5) is 0 Å².